The van der Waals surface area contributed by atoms with Gasteiger partial charge in [-0.3, -0.25) is 0 Å². The Labute approximate surface area is 94.9 Å². The molecule has 0 spiro atoms. The summed E-state index contributed by atoms with van der Waals surface area (Å²) < 4.78 is 0. The van der Waals surface area contributed by atoms with Gasteiger partial charge in [0, 0.05) is 11.1 Å². The summed E-state index contributed by atoms with van der Waals surface area (Å²) in [5, 5.41) is 12.9. The summed E-state index contributed by atoms with van der Waals surface area (Å²) in [7, 11) is 0. The first kappa shape index (κ1) is 10.5. The molecule has 0 radical (unpaired) electrons. The molecule has 15 heavy (non-hydrogen) atoms. The maximum absolute atomic E-state index is 8.72. The largest absolute Gasteiger partial charge is 0.314 e. The Kier molecular flexibility index (Phi) is 3.25. The van der Waals surface area contributed by atoms with Crippen LogP contribution in [0.5, 0.6) is 0 Å². The number of halogens is 1. The van der Waals surface area contributed by atoms with Crippen molar-refractivity contribution in [3.05, 3.63) is 34.3 Å². The van der Waals surface area contributed by atoms with Crippen molar-refractivity contribution in [1.82, 2.24) is 5.32 Å². The lowest BCUT2D eigenvalue weighted by Crippen LogP contribution is -2.23. The van der Waals surface area contributed by atoms with Gasteiger partial charge in [-0.2, -0.15) is 5.26 Å². The van der Waals surface area contributed by atoms with E-state index in [0.717, 1.165) is 18.5 Å². The van der Waals surface area contributed by atoms with Gasteiger partial charge in [0.25, 0.3) is 0 Å². The molecule has 1 saturated heterocycles. The van der Waals surface area contributed by atoms with Crippen LogP contribution in [0.25, 0.3) is 0 Å². The Hall–Kier alpha value is -1.04. The van der Waals surface area contributed by atoms with Gasteiger partial charge in [0.1, 0.15) is 0 Å². The third-order valence-corrected chi connectivity index (χ3v) is 3.16. The minimum absolute atomic E-state index is 0.551. The highest BCUT2D eigenvalue weighted by Crippen LogP contribution is 2.21. The topological polar surface area (TPSA) is 35.8 Å². The Bertz CT molecular complexity index is 389. The first-order chi connectivity index (χ1) is 7.29. The van der Waals surface area contributed by atoms with E-state index in [1.165, 1.54) is 12.8 Å². The number of rotatable bonds is 2. The van der Waals surface area contributed by atoms with Crippen molar-refractivity contribution >= 4 is 11.6 Å². The summed E-state index contributed by atoms with van der Waals surface area (Å²) in [6.45, 7) is 1.11. The molecule has 3 heteroatoms. The number of nitriles is 1. The van der Waals surface area contributed by atoms with Crippen LogP contribution < -0.4 is 5.32 Å². The lowest BCUT2D eigenvalue weighted by atomic mass is 10.0. The van der Waals surface area contributed by atoms with Crippen LogP contribution in [-0.2, 0) is 6.42 Å². The van der Waals surface area contributed by atoms with Gasteiger partial charge in [-0.1, -0.05) is 17.7 Å². The van der Waals surface area contributed by atoms with Crippen LogP contribution in [0.15, 0.2) is 18.2 Å². The smallest absolute Gasteiger partial charge is 0.0992 e. The molecule has 1 fully saturated rings. The second kappa shape index (κ2) is 4.65. The van der Waals surface area contributed by atoms with Crippen molar-refractivity contribution in [2.24, 2.45) is 0 Å². The van der Waals surface area contributed by atoms with E-state index in [2.05, 4.69) is 11.4 Å². The van der Waals surface area contributed by atoms with Crippen LogP contribution in [0, 0.1) is 11.3 Å². The van der Waals surface area contributed by atoms with Crippen molar-refractivity contribution in [3.8, 4) is 6.07 Å². The van der Waals surface area contributed by atoms with Crippen LogP contribution in [-0.4, -0.2) is 12.6 Å². The summed E-state index contributed by atoms with van der Waals surface area (Å²) in [5.41, 5.74) is 1.76. The van der Waals surface area contributed by atoms with Gasteiger partial charge < -0.3 is 5.32 Å². The van der Waals surface area contributed by atoms with Gasteiger partial charge in [0.05, 0.1) is 11.6 Å². The van der Waals surface area contributed by atoms with Crippen LogP contribution in [0.1, 0.15) is 24.0 Å². The SMILES string of the molecule is N#Cc1ccc(CC2CCCN2)c(Cl)c1. The zero-order chi connectivity index (χ0) is 10.7. The molecule has 0 amide bonds. The molecule has 1 atom stereocenters. The third-order valence-electron chi connectivity index (χ3n) is 2.81. The number of nitrogens with one attached hydrogen (secondary N) is 1. The Morgan fingerprint density at radius 3 is 3.00 bits per heavy atom. The number of hydrogen-bond acceptors (Lipinski definition) is 2. The van der Waals surface area contributed by atoms with E-state index in [0.29, 0.717) is 16.6 Å². The van der Waals surface area contributed by atoms with Crippen molar-refractivity contribution in [2.45, 2.75) is 25.3 Å². The normalized spacial score (nSPS) is 20.1. The molecule has 1 aromatic carbocycles. The second-order valence-corrected chi connectivity index (χ2v) is 4.32. The molecule has 1 unspecified atom stereocenters. The monoisotopic (exact) mass is 220 g/mol. The quantitative estimate of drug-likeness (QED) is 0.832. The lowest BCUT2D eigenvalue weighted by Gasteiger charge is -2.11. The fraction of sp³-hybridized carbons (Fsp3) is 0.417. The molecule has 0 aliphatic carbocycles. The highest BCUT2D eigenvalue weighted by atomic mass is 35.5. The predicted molar refractivity (Wildman–Crippen MR) is 60.9 cm³/mol. The van der Waals surface area contributed by atoms with E-state index >= 15 is 0 Å². The molecule has 1 N–H and O–H groups in total. The highest BCUT2D eigenvalue weighted by Gasteiger charge is 2.15. The molecule has 78 valence electrons. The molecule has 1 aliphatic heterocycles. The number of nitrogens with zero attached hydrogens (tertiary/aromatic N) is 1. The predicted octanol–water partition coefficient (Wildman–Crippen LogP) is 2.51. The fourth-order valence-corrected chi connectivity index (χ4v) is 2.24. The second-order valence-electron chi connectivity index (χ2n) is 3.92. The number of hydrogen-bond donors (Lipinski definition) is 1. The molecule has 1 aliphatic rings. The summed E-state index contributed by atoms with van der Waals surface area (Å²) in [6, 6.07) is 8.17. The van der Waals surface area contributed by atoms with Gasteiger partial charge in [0.15, 0.2) is 0 Å². The maximum atomic E-state index is 8.72. The third kappa shape index (κ3) is 2.50. The van der Waals surface area contributed by atoms with Crippen LogP contribution in [0.3, 0.4) is 0 Å². The molecule has 0 aromatic heterocycles. The fourth-order valence-electron chi connectivity index (χ4n) is 1.98. The van der Waals surface area contributed by atoms with Crippen LogP contribution in [0.2, 0.25) is 5.02 Å². The van der Waals surface area contributed by atoms with E-state index in [-0.39, 0.29) is 0 Å². The zero-order valence-electron chi connectivity index (χ0n) is 8.46. The molecule has 0 saturated carbocycles. The van der Waals surface area contributed by atoms with Crippen molar-refractivity contribution < 1.29 is 0 Å². The molecule has 2 rings (SSSR count). The van der Waals surface area contributed by atoms with E-state index < -0.39 is 0 Å². The van der Waals surface area contributed by atoms with E-state index in [9.17, 15) is 0 Å². The Morgan fingerprint density at radius 1 is 1.53 bits per heavy atom. The molecular weight excluding hydrogens is 208 g/mol. The number of benzene rings is 1. The average Bonchev–Trinajstić information content (AvgIpc) is 2.74. The first-order valence-corrected chi connectivity index (χ1v) is 5.59. The van der Waals surface area contributed by atoms with Gasteiger partial charge in [-0.05, 0) is 43.5 Å². The summed E-state index contributed by atoms with van der Waals surface area (Å²) in [4.78, 5) is 0. The molecule has 1 aromatic rings. The van der Waals surface area contributed by atoms with E-state index in [1.54, 1.807) is 6.07 Å². The van der Waals surface area contributed by atoms with Crippen LogP contribution in [0.4, 0.5) is 0 Å². The van der Waals surface area contributed by atoms with E-state index in [4.69, 9.17) is 16.9 Å². The Balaban J connectivity index is 2.11. The highest BCUT2D eigenvalue weighted by molar-refractivity contribution is 6.31. The molecule has 0 bridgehead atoms. The minimum Gasteiger partial charge on any atom is -0.314 e. The van der Waals surface area contributed by atoms with Gasteiger partial charge in [-0.25, -0.2) is 0 Å². The summed E-state index contributed by atoms with van der Waals surface area (Å²) in [6.07, 6.45) is 3.43. The first-order valence-electron chi connectivity index (χ1n) is 5.21. The van der Waals surface area contributed by atoms with Gasteiger partial charge >= 0.3 is 0 Å². The maximum Gasteiger partial charge on any atom is 0.0992 e. The zero-order valence-corrected chi connectivity index (χ0v) is 9.22. The van der Waals surface area contributed by atoms with Crippen LogP contribution >= 0.6 is 11.6 Å². The summed E-state index contributed by atoms with van der Waals surface area (Å²) in [5.74, 6) is 0. The summed E-state index contributed by atoms with van der Waals surface area (Å²) >= 11 is 6.11. The molecule has 1 heterocycles. The van der Waals surface area contributed by atoms with Gasteiger partial charge in [-0.15, -0.1) is 0 Å². The molecular formula is C12H13ClN2. The molecule has 2 nitrogen and oxygen atoms in total. The van der Waals surface area contributed by atoms with Crippen molar-refractivity contribution in [1.29, 1.82) is 5.26 Å². The van der Waals surface area contributed by atoms with Crippen molar-refractivity contribution in [3.63, 3.8) is 0 Å². The van der Waals surface area contributed by atoms with Crippen molar-refractivity contribution in [2.75, 3.05) is 6.54 Å². The standard InChI is InChI=1S/C12H13ClN2/c13-12-6-9(8-14)3-4-10(12)7-11-2-1-5-15-11/h3-4,6,11,15H,1-2,5,7H2. The van der Waals surface area contributed by atoms with E-state index in [1.807, 2.05) is 12.1 Å². The minimum atomic E-state index is 0.551. The average molecular weight is 221 g/mol. The van der Waals surface area contributed by atoms with Gasteiger partial charge in [0.2, 0.25) is 0 Å². The Morgan fingerprint density at radius 2 is 2.40 bits per heavy atom. The lowest BCUT2D eigenvalue weighted by molar-refractivity contribution is 0.603.